The number of aromatic nitrogens is 2. The molecule has 0 spiro atoms. The van der Waals surface area contributed by atoms with Gasteiger partial charge in [0.25, 0.3) is 0 Å². The molecule has 0 saturated heterocycles. The lowest BCUT2D eigenvalue weighted by Gasteiger charge is -2.18. The Morgan fingerprint density at radius 2 is 2.00 bits per heavy atom. The highest BCUT2D eigenvalue weighted by Gasteiger charge is 2.18. The van der Waals surface area contributed by atoms with Crippen LogP contribution in [0.15, 0.2) is 6.07 Å². The Hall–Kier alpha value is -1.32. The molecule has 0 aromatic carbocycles. The van der Waals surface area contributed by atoms with Gasteiger partial charge in [0.15, 0.2) is 0 Å². The van der Waals surface area contributed by atoms with Crippen molar-refractivity contribution in [3.63, 3.8) is 0 Å². The molecule has 0 amide bonds. The predicted molar refractivity (Wildman–Crippen MR) is 68.5 cm³/mol. The third-order valence-corrected chi connectivity index (χ3v) is 2.25. The molecule has 4 heteroatoms. The van der Waals surface area contributed by atoms with Crippen LogP contribution in [0.25, 0.3) is 0 Å². The summed E-state index contributed by atoms with van der Waals surface area (Å²) in [6, 6.07) is 1.78. The first kappa shape index (κ1) is 12.7. The van der Waals surface area contributed by atoms with Gasteiger partial charge in [-0.15, -0.1) is 0 Å². The minimum atomic E-state index is -0.0729. The normalized spacial score (nSPS) is 11.5. The molecule has 4 nitrogen and oxygen atoms in total. The van der Waals surface area contributed by atoms with Crippen molar-refractivity contribution in [3.05, 3.63) is 11.9 Å². The first-order chi connectivity index (χ1) is 7.43. The summed E-state index contributed by atoms with van der Waals surface area (Å²) < 4.78 is 0. The van der Waals surface area contributed by atoms with E-state index in [1.165, 1.54) is 6.42 Å². The number of hydrogen-bond donors (Lipinski definition) is 2. The van der Waals surface area contributed by atoms with Crippen LogP contribution >= 0.6 is 0 Å². The van der Waals surface area contributed by atoms with E-state index in [-0.39, 0.29) is 5.41 Å². The molecule has 16 heavy (non-hydrogen) atoms. The highest BCUT2D eigenvalue weighted by atomic mass is 15.1. The predicted octanol–water partition coefficient (Wildman–Crippen LogP) is 2.57. The molecule has 0 saturated carbocycles. The molecular weight excluding hydrogens is 200 g/mol. The molecule has 3 N–H and O–H groups in total. The van der Waals surface area contributed by atoms with Gasteiger partial charge >= 0.3 is 0 Å². The number of nitrogens with two attached hydrogens (primary N) is 1. The Bertz CT molecular complexity index is 341. The van der Waals surface area contributed by atoms with Gasteiger partial charge in [0, 0.05) is 18.0 Å². The van der Waals surface area contributed by atoms with E-state index < -0.39 is 0 Å². The molecule has 90 valence electrons. The van der Waals surface area contributed by atoms with Crippen molar-refractivity contribution < 1.29 is 0 Å². The highest BCUT2D eigenvalue weighted by Crippen LogP contribution is 2.21. The maximum absolute atomic E-state index is 5.77. The summed E-state index contributed by atoms with van der Waals surface area (Å²) in [5.74, 6) is 2.14. The first-order valence-corrected chi connectivity index (χ1v) is 5.82. The highest BCUT2D eigenvalue weighted by molar-refractivity contribution is 5.45. The quantitative estimate of drug-likeness (QED) is 0.768. The van der Waals surface area contributed by atoms with Crippen molar-refractivity contribution in [3.8, 4) is 0 Å². The summed E-state index contributed by atoms with van der Waals surface area (Å²) in [6.45, 7) is 9.33. The molecule has 0 bridgehead atoms. The second kappa shape index (κ2) is 5.14. The van der Waals surface area contributed by atoms with Crippen molar-refractivity contribution in [2.75, 3.05) is 17.6 Å². The van der Waals surface area contributed by atoms with E-state index in [0.29, 0.717) is 5.82 Å². The van der Waals surface area contributed by atoms with Crippen LogP contribution in [-0.4, -0.2) is 16.5 Å². The van der Waals surface area contributed by atoms with Crippen LogP contribution < -0.4 is 11.1 Å². The second-order valence-electron chi connectivity index (χ2n) is 5.03. The average Bonchev–Trinajstić information content (AvgIpc) is 2.16. The van der Waals surface area contributed by atoms with Gasteiger partial charge in [0.2, 0.25) is 0 Å². The molecule has 1 heterocycles. The topological polar surface area (TPSA) is 63.8 Å². The Labute approximate surface area is 97.7 Å². The van der Waals surface area contributed by atoms with Gasteiger partial charge in [-0.25, -0.2) is 9.97 Å². The number of nitrogens with zero attached hydrogens (tertiary/aromatic N) is 2. The number of nitrogen functional groups attached to an aromatic ring is 1. The van der Waals surface area contributed by atoms with Crippen molar-refractivity contribution >= 4 is 11.6 Å². The SMILES string of the molecule is CCCCNc1cc(N)nc(C(C)(C)C)n1. The van der Waals surface area contributed by atoms with Gasteiger partial charge < -0.3 is 11.1 Å². The zero-order chi connectivity index (χ0) is 12.2. The maximum atomic E-state index is 5.77. The molecular formula is C12H22N4. The Morgan fingerprint density at radius 1 is 1.31 bits per heavy atom. The van der Waals surface area contributed by atoms with E-state index in [9.17, 15) is 0 Å². The molecule has 0 aliphatic heterocycles. The zero-order valence-corrected chi connectivity index (χ0v) is 10.7. The third kappa shape index (κ3) is 3.68. The maximum Gasteiger partial charge on any atom is 0.138 e. The largest absolute Gasteiger partial charge is 0.384 e. The molecule has 0 aliphatic rings. The molecule has 1 aromatic rings. The van der Waals surface area contributed by atoms with Gasteiger partial charge in [-0.05, 0) is 6.42 Å². The first-order valence-electron chi connectivity index (χ1n) is 5.82. The number of anilines is 2. The Kier molecular flexibility index (Phi) is 4.10. The number of rotatable bonds is 4. The van der Waals surface area contributed by atoms with E-state index in [4.69, 9.17) is 5.73 Å². The lowest BCUT2D eigenvalue weighted by Crippen LogP contribution is -2.18. The molecule has 0 unspecified atom stereocenters. The van der Waals surface area contributed by atoms with Crippen molar-refractivity contribution in [2.24, 2.45) is 0 Å². The summed E-state index contributed by atoms with van der Waals surface area (Å²) >= 11 is 0. The van der Waals surface area contributed by atoms with Crippen LogP contribution in [0.5, 0.6) is 0 Å². The lowest BCUT2D eigenvalue weighted by atomic mass is 9.96. The minimum absolute atomic E-state index is 0.0729. The number of hydrogen-bond acceptors (Lipinski definition) is 4. The Morgan fingerprint density at radius 3 is 2.56 bits per heavy atom. The lowest BCUT2D eigenvalue weighted by molar-refractivity contribution is 0.547. The van der Waals surface area contributed by atoms with E-state index in [0.717, 1.165) is 24.6 Å². The van der Waals surface area contributed by atoms with E-state index in [1.54, 1.807) is 6.07 Å². The minimum Gasteiger partial charge on any atom is -0.384 e. The third-order valence-electron chi connectivity index (χ3n) is 2.25. The van der Waals surface area contributed by atoms with Crippen molar-refractivity contribution in [1.82, 2.24) is 9.97 Å². The van der Waals surface area contributed by atoms with Crippen LogP contribution in [0.4, 0.5) is 11.6 Å². The monoisotopic (exact) mass is 222 g/mol. The van der Waals surface area contributed by atoms with Crippen LogP contribution in [-0.2, 0) is 5.41 Å². The van der Waals surface area contributed by atoms with Crippen molar-refractivity contribution in [2.45, 2.75) is 46.0 Å². The van der Waals surface area contributed by atoms with E-state index in [1.807, 2.05) is 0 Å². The Balaban J connectivity index is 2.82. The standard InChI is InChI=1S/C12H22N4/c1-5-6-7-14-10-8-9(13)15-11(16-10)12(2,3)4/h8H,5-7H2,1-4H3,(H3,13,14,15,16). The summed E-state index contributed by atoms with van der Waals surface area (Å²) in [4.78, 5) is 8.73. The molecule has 0 aliphatic carbocycles. The summed E-state index contributed by atoms with van der Waals surface area (Å²) in [6.07, 6.45) is 2.30. The van der Waals surface area contributed by atoms with Crippen molar-refractivity contribution in [1.29, 1.82) is 0 Å². The fourth-order valence-electron chi connectivity index (χ4n) is 1.29. The number of nitrogens with one attached hydrogen (secondary N) is 1. The van der Waals surface area contributed by atoms with Gasteiger partial charge in [-0.3, -0.25) is 0 Å². The molecule has 0 radical (unpaired) electrons. The zero-order valence-electron chi connectivity index (χ0n) is 10.7. The van der Waals surface area contributed by atoms with Gasteiger partial charge in [-0.1, -0.05) is 34.1 Å². The number of unbranched alkanes of at least 4 members (excludes halogenated alkanes) is 1. The molecule has 1 rings (SSSR count). The van der Waals surface area contributed by atoms with Gasteiger partial charge in [0.1, 0.15) is 17.5 Å². The summed E-state index contributed by atoms with van der Waals surface area (Å²) in [5, 5.41) is 3.27. The van der Waals surface area contributed by atoms with Gasteiger partial charge in [-0.2, -0.15) is 0 Å². The summed E-state index contributed by atoms with van der Waals surface area (Å²) in [5.41, 5.74) is 5.70. The van der Waals surface area contributed by atoms with Crippen LogP contribution in [0.2, 0.25) is 0 Å². The van der Waals surface area contributed by atoms with Crippen LogP contribution in [0.3, 0.4) is 0 Å². The fourth-order valence-corrected chi connectivity index (χ4v) is 1.29. The molecule has 0 fully saturated rings. The van der Waals surface area contributed by atoms with E-state index in [2.05, 4.69) is 43.0 Å². The second-order valence-corrected chi connectivity index (χ2v) is 5.03. The van der Waals surface area contributed by atoms with Gasteiger partial charge in [0.05, 0.1) is 0 Å². The molecule has 0 atom stereocenters. The summed E-state index contributed by atoms with van der Waals surface area (Å²) in [7, 11) is 0. The fraction of sp³-hybridized carbons (Fsp3) is 0.667. The van der Waals surface area contributed by atoms with Crippen LogP contribution in [0, 0.1) is 0 Å². The van der Waals surface area contributed by atoms with E-state index >= 15 is 0 Å². The molecule has 1 aromatic heterocycles. The average molecular weight is 222 g/mol. The van der Waals surface area contributed by atoms with Crippen LogP contribution in [0.1, 0.15) is 46.4 Å². The smallest absolute Gasteiger partial charge is 0.138 e.